The van der Waals surface area contributed by atoms with Gasteiger partial charge in [0.05, 0.1) is 4.90 Å². The molecule has 140 valence electrons. The van der Waals surface area contributed by atoms with Crippen LogP contribution in [0, 0.1) is 0 Å². The number of hydrogen-bond acceptors (Lipinski definition) is 4. The zero-order valence-electron chi connectivity index (χ0n) is 15.0. The normalized spacial score (nSPS) is 11.5. The third-order valence-corrected chi connectivity index (χ3v) is 5.66. The Labute approximate surface area is 154 Å². The van der Waals surface area contributed by atoms with Crippen molar-refractivity contribution in [3.05, 3.63) is 65.7 Å². The minimum absolute atomic E-state index is 0.0977. The molecule has 0 aliphatic rings. The van der Waals surface area contributed by atoms with E-state index in [1.807, 2.05) is 30.3 Å². The summed E-state index contributed by atoms with van der Waals surface area (Å²) in [6.07, 6.45) is 0.694. The molecular weight excluding hydrogens is 352 g/mol. The lowest BCUT2D eigenvalue weighted by molar-refractivity contribution is 0.0948. The van der Waals surface area contributed by atoms with Gasteiger partial charge in [-0.15, -0.1) is 0 Å². The van der Waals surface area contributed by atoms with Crippen LogP contribution in [0.1, 0.15) is 22.3 Å². The molecule has 0 atom stereocenters. The molecule has 1 amide bonds. The van der Waals surface area contributed by atoms with Crippen molar-refractivity contribution in [3.8, 4) is 0 Å². The molecule has 0 aromatic heterocycles. The summed E-state index contributed by atoms with van der Waals surface area (Å²) >= 11 is 0. The van der Waals surface area contributed by atoms with Gasteiger partial charge in [-0.25, -0.2) is 8.42 Å². The highest BCUT2D eigenvalue weighted by molar-refractivity contribution is 7.89. The molecule has 7 heteroatoms. The molecule has 0 spiro atoms. The molecule has 0 bridgehead atoms. The van der Waals surface area contributed by atoms with Crippen molar-refractivity contribution >= 4 is 15.9 Å². The number of amides is 1. The van der Waals surface area contributed by atoms with Crippen molar-refractivity contribution in [2.45, 2.75) is 17.9 Å². The van der Waals surface area contributed by atoms with Gasteiger partial charge in [-0.2, -0.15) is 4.31 Å². The zero-order chi connectivity index (χ0) is 19.0. The number of carbonyl (C=O) groups is 1. The van der Waals surface area contributed by atoms with Crippen LogP contribution in [0.25, 0.3) is 0 Å². The molecule has 0 heterocycles. The number of methoxy groups -OCH3 is 1. The standard InChI is InChI=1S/C19H24N2O4S/c1-21(15-16-8-4-3-5-9-16)26(23,24)18-11-6-10-17(14-18)19(22)20-12-7-13-25-2/h3-6,8-11,14H,7,12-13,15H2,1-2H3,(H,20,22). The Morgan fingerprint density at radius 2 is 1.85 bits per heavy atom. The van der Waals surface area contributed by atoms with Gasteiger partial charge in [-0.3, -0.25) is 4.79 Å². The van der Waals surface area contributed by atoms with Gasteiger partial charge in [-0.1, -0.05) is 36.4 Å². The largest absolute Gasteiger partial charge is 0.385 e. The van der Waals surface area contributed by atoms with E-state index in [-0.39, 0.29) is 17.3 Å². The summed E-state index contributed by atoms with van der Waals surface area (Å²) in [6.45, 7) is 1.28. The van der Waals surface area contributed by atoms with Crippen LogP contribution in [0.15, 0.2) is 59.5 Å². The third-order valence-electron chi connectivity index (χ3n) is 3.86. The molecule has 0 fully saturated rings. The van der Waals surface area contributed by atoms with E-state index in [2.05, 4.69) is 5.32 Å². The van der Waals surface area contributed by atoms with E-state index in [9.17, 15) is 13.2 Å². The van der Waals surface area contributed by atoms with Crippen LogP contribution in [-0.4, -0.2) is 45.9 Å². The SMILES string of the molecule is COCCCNC(=O)c1cccc(S(=O)(=O)N(C)Cc2ccccc2)c1. The molecule has 0 aliphatic heterocycles. The fourth-order valence-corrected chi connectivity index (χ4v) is 3.63. The summed E-state index contributed by atoms with van der Waals surface area (Å²) in [5.74, 6) is -0.302. The fourth-order valence-electron chi connectivity index (χ4n) is 2.42. The van der Waals surface area contributed by atoms with Crippen LogP contribution in [0.5, 0.6) is 0 Å². The predicted octanol–water partition coefficient (Wildman–Crippen LogP) is 2.27. The highest BCUT2D eigenvalue weighted by Gasteiger charge is 2.22. The summed E-state index contributed by atoms with van der Waals surface area (Å²) in [6, 6.07) is 15.4. The van der Waals surface area contributed by atoms with Gasteiger partial charge in [0.1, 0.15) is 0 Å². The average Bonchev–Trinajstić information content (AvgIpc) is 2.66. The van der Waals surface area contributed by atoms with Gasteiger partial charge in [0.25, 0.3) is 5.91 Å². The van der Waals surface area contributed by atoms with Gasteiger partial charge in [0.2, 0.25) is 10.0 Å². The number of sulfonamides is 1. The van der Waals surface area contributed by atoms with Crippen molar-refractivity contribution in [1.29, 1.82) is 0 Å². The molecular formula is C19H24N2O4S. The van der Waals surface area contributed by atoms with Crippen LogP contribution < -0.4 is 5.32 Å². The number of ether oxygens (including phenoxy) is 1. The number of benzene rings is 2. The number of nitrogens with zero attached hydrogens (tertiary/aromatic N) is 1. The Morgan fingerprint density at radius 1 is 1.12 bits per heavy atom. The van der Waals surface area contributed by atoms with E-state index in [4.69, 9.17) is 4.74 Å². The molecule has 2 aromatic rings. The molecule has 26 heavy (non-hydrogen) atoms. The molecule has 0 radical (unpaired) electrons. The monoisotopic (exact) mass is 376 g/mol. The Bertz CT molecular complexity index is 822. The first-order valence-corrected chi connectivity index (χ1v) is 9.76. The Hall–Kier alpha value is -2.22. The minimum atomic E-state index is -3.69. The zero-order valence-corrected chi connectivity index (χ0v) is 15.8. The van der Waals surface area contributed by atoms with E-state index in [0.29, 0.717) is 25.1 Å². The van der Waals surface area contributed by atoms with E-state index < -0.39 is 10.0 Å². The Kier molecular flexibility index (Phi) is 7.32. The van der Waals surface area contributed by atoms with Crippen molar-refractivity contribution in [2.24, 2.45) is 0 Å². The second-order valence-corrected chi connectivity index (χ2v) is 7.92. The lowest BCUT2D eigenvalue weighted by atomic mass is 10.2. The highest BCUT2D eigenvalue weighted by atomic mass is 32.2. The summed E-state index contributed by atoms with van der Waals surface area (Å²) in [5, 5.41) is 2.75. The second-order valence-electron chi connectivity index (χ2n) is 5.88. The van der Waals surface area contributed by atoms with Crippen LogP contribution in [0.3, 0.4) is 0 Å². The Morgan fingerprint density at radius 3 is 2.54 bits per heavy atom. The van der Waals surface area contributed by atoms with Gasteiger partial charge in [-0.05, 0) is 30.2 Å². The maximum atomic E-state index is 12.8. The first-order chi connectivity index (χ1) is 12.4. The van der Waals surface area contributed by atoms with E-state index in [0.717, 1.165) is 5.56 Å². The maximum Gasteiger partial charge on any atom is 0.251 e. The second kappa shape index (κ2) is 9.47. The summed E-state index contributed by atoms with van der Waals surface area (Å²) in [7, 11) is -0.562. The van der Waals surface area contributed by atoms with Crippen molar-refractivity contribution in [1.82, 2.24) is 9.62 Å². The molecule has 6 nitrogen and oxygen atoms in total. The molecule has 2 rings (SSSR count). The summed E-state index contributed by atoms with van der Waals surface area (Å²) in [4.78, 5) is 12.3. The van der Waals surface area contributed by atoms with E-state index in [1.165, 1.54) is 23.5 Å². The van der Waals surface area contributed by atoms with Crippen molar-refractivity contribution < 1.29 is 17.9 Å². The molecule has 0 saturated carbocycles. The van der Waals surface area contributed by atoms with Crippen molar-refractivity contribution in [2.75, 3.05) is 27.3 Å². The fraction of sp³-hybridized carbons (Fsp3) is 0.316. The number of rotatable bonds is 9. The van der Waals surface area contributed by atoms with Crippen LogP contribution in [0.2, 0.25) is 0 Å². The first-order valence-electron chi connectivity index (χ1n) is 8.32. The minimum Gasteiger partial charge on any atom is -0.385 e. The quantitative estimate of drug-likeness (QED) is 0.681. The van der Waals surface area contributed by atoms with E-state index >= 15 is 0 Å². The lowest BCUT2D eigenvalue weighted by Crippen LogP contribution is -2.28. The smallest absolute Gasteiger partial charge is 0.251 e. The molecule has 2 aromatic carbocycles. The Balaban J connectivity index is 2.10. The number of carbonyl (C=O) groups excluding carboxylic acids is 1. The van der Waals surface area contributed by atoms with E-state index in [1.54, 1.807) is 19.2 Å². The summed E-state index contributed by atoms with van der Waals surface area (Å²) in [5.41, 5.74) is 1.21. The molecule has 0 unspecified atom stereocenters. The van der Waals surface area contributed by atoms with Gasteiger partial charge >= 0.3 is 0 Å². The molecule has 0 aliphatic carbocycles. The first kappa shape index (κ1) is 20.1. The van der Waals surface area contributed by atoms with Gasteiger partial charge in [0.15, 0.2) is 0 Å². The maximum absolute atomic E-state index is 12.8. The third kappa shape index (κ3) is 5.39. The van der Waals surface area contributed by atoms with Crippen LogP contribution in [-0.2, 0) is 21.3 Å². The molecule has 1 N–H and O–H groups in total. The summed E-state index contributed by atoms with van der Waals surface area (Å²) < 4.78 is 31.8. The average molecular weight is 376 g/mol. The topological polar surface area (TPSA) is 75.7 Å². The highest BCUT2D eigenvalue weighted by Crippen LogP contribution is 2.18. The lowest BCUT2D eigenvalue weighted by Gasteiger charge is -2.17. The van der Waals surface area contributed by atoms with Crippen molar-refractivity contribution in [3.63, 3.8) is 0 Å². The van der Waals surface area contributed by atoms with Crippen LogP contribution in [0.4, 0.5) is 0 Å². The van der Waals surface area contributed by atoms with Gasteiger partial charge < -0.3 is 10.1 Å². The molecule has 0 saturated heterocycles. The number of nitrogens with one attached hydrogen (secondary N) is 1. The number of hydrogen-bond donors (Lipinski definition) is 1. The predicted molar refractivity (Wildman–Crippen MR) is 100 cm³/mol. The van der Waals surface area contributed by atoms with Gasteiger partial charge in [0, 0.05) is 39.4 Å². The van der Waals surface area contributed by atoms with Crippen LogP contribution >= 0.6 is 0 Å².